The Balaban J connectivity index is 0.00000480. The summed E-state index contributed by atoms with van der Waals surface area (Å²) in [6, 6.07) is 14.7. The van der Waals surface area contributed by atoms with Gasteiger partial charge in [-0.3, -0.25) is 4.99 Å². The van der Waals surface area contributed by atoms with Gasteiger partial charge in [-0.2, -0.15) is 0 Å². The van der Waals surface area contributed by atoms with Gasteiger partial charge < -0.3 is 20.1 Å². The number of nitrogens with zero attached hydrogens (tertiary/aromatic N) is 1. The van der Waals surface area contributed by atoms with Crippen LogP contribution < -0.4 is 20.1 Å². The second-order valence-electron chi connectivity index (χ2n) is 6.45. The molecule has 2 aromatic carbocycles. The Bertz CT molecular complexity index is 938. The Kier molecular flexibility index (Phi) is 12.5. The van der Waals surface area contributed by atoms with Crippen molar-refractivity contribution in [2.45, 2.75) is 17.9 Å². The molecule has 3 N–H and O–H groups in total. The number of aliphatic imine (C=N–C) groups is 1. The van der Waals surface area contributed by atoms with Crippen LogP contribution in [-0.4, -0.2) is 55.3 Å². The maximum Gasteiger partial charge on any atom is 0.240 e. The predicted octanol–water partition coefficient (Wildman–Crippen LogP) is 2.15. The fraction of sp³-hybridized carbons (Fsp3) is 0.381. The Morgan fingerprint density at radius 3 is 2.52 bits per heavy atom. The molecular formula is C21H31IN4O4S. The smallest absolute Gasteiger partial charge is 0.240 e. The van der Waals surface area contributed by atoms with Crippen LogP contribution in [0.15, 0.2) is 58.4 Å². The van der Waals surface area contributed by atoms with Crippen molar-refractivity contribution in [3.8, 4) is 5.75 Å². The lowest BCUT2D eigenvalue weighted by molar-refractivity contribution is 0.204. The van der Waals surface area contributed by atoms with Gasteiger partial charge in [0.25, 0.3) is 0 Å². The Morgan fingerprint density at radius 2 is 1.81 bits per heavy atom. The summed E-state index contributed by atoms with van der Waals surface area (Å²) in [5.74, 6) is 1.50. The van der Waals surface area contributed by atoms with Crippen molar-refractivity contribution in [1.29, 1.82) is 0 Å². The average molecular weight is 562 g/mol. The van der Waals surface area contributed by atoms with E-state index in [4.69, 9.17) is 9.47 Å². The first-order valence-corrected chi connectivity index (χ1v) is 11.1. The zero-order valence-corrected chi connectivity index (χ0v) is 21.2. The van der Waals surface area contributed by atoms with E-state index in [9.17, 15) is 8.42 Å². The Hall–Kier alpha value is -1.89. The van der Waals surface area contributed by atoms with Crippen molar-refractivity contribution < 1.29 is 17.9 Å². The van der Waals surface area contributed by atoms with Crippen LogP contribution in [0.1, 0.15) is 11.1 Å². The Morgan fingerprint density at radius 1 is 1.03 bits per heavy atom. The number of hydrogen-bond acceptors (Lipinski definition) is 5. The largest absolute Gasteiger partial charge is 0.496 e. The number of halogens is 1. The van der Waals surface area contributed by atoms with E-state index < -0.39 is 10.0 Å². The SMILES string of the molecule is CN=C(NCCc1ccccc1OC)NCc1cccc(S(=O)(=O)NCCOC)c1.I. The van der Waals surface area contributed by atoms with E-state index in [-0.39, 0.29) is 35.4 Å². The number of ether oxygens (including phenoxy) is 2. The summed E-state index contributed by atoms with van der Waals surface area (Å²) in [4.78, 5) is 4.44. The van der Waals surface area contributed by atoms with Crippen molar-refractivity contribution in [3.63, 3.8) is 0 Å². The van der Waals surface area contributed by atoms with Gasteiger partial charge in [-0.1, -0.05) is 30.3 Å². The van der Waals surface area contributed by atoms with E-state index >= 15 is 0 Å². The van der Waals surface area contributed by atoms with Crippen LogP contribution in [0.4, 0.5) is 0 Å². The molecule has 0 aromatic heterocycles. The van der Waals surface area contributed by atoms with Crippen LogP contribution >= 0.6 is 24.0 Å². The fourth-order valence-electron chi connectivity index (χ4n) is 2.82. The normalized spacial score (nSPS) is 11.5. The summed E-state index contributed by atoms with van der Waals surface area (Å²) >= 11 is 0. The fourth-order valence-corrected chi connectivity index (χ4v) is 3.90. The topological polar surface area (TPSA) is 101 Å². The van der Waals surface area contributed by atoms with Gasteiger partial charge in [-0.15, -0.1) is 24.0 Å². The van der Waals surface area contributed by atoms with Gasteiger partial charge in [0.15, 0.2) is 5.96 Å². The molecule has 172 valence electrons. The highest BCUT2D eigenvalue weighted by Gasteiger charge is 2.13. The minimum atomic E-state index is -3.57. The summed E-state index contributed by atoms with van der Waals surface area (Å²) in [5, 5.41) is 6.46. The third-order valence-electron chi connectivity index (χ3n) is 4.37. The van der Waals surface area contributed by atoms with Gasteiger partial charge in [0.2, 0.25) is 10.0 Å². The summed E-state index contributed by atoms with van der Waals surface area (Å²) < 4.78 is 37.5. The summed E-state index contributed by atoms with van der Waals surface area (Å²) in [6.07, 6.45) is 0.783. The average Bonchev–Trinajstić information content (AvgIpc) is 2.76. The molecule has 0 radical (unpaired) electrons. The van der Waals surface area contributed by atoms with E-state index in [1.807, 2.05) is 30.3 Å². The van der Waals surface area contributed by atoms with Gasteiger partial charge in [0, 0.05) is 33.8 Å². The minimum Gasteiger partial charge on any atom is -0.496 e. The maximum atomic E-state index is 12.3. The van der Waals surface area contributed by atoms with E-state index in [0.717, 1.165) is 23.3 Å². The summed E-state index contributed by atoms with van der Waals surface area (Å²) in [5.41, 5.74) is 1.94. The molecule has 2 aromatic rings. The second kappa shape index (κ2) is 14.2. The van der Waals surface area contributed by atoms with Crippen molar-refractivity contribution >= 4 is 40.0 Å². The predicted molar refractivity (Wildman–Crippen MR) is 134 cm³/mol. The van der Waals surface area contributed by atoms with E-state index in [2.05, 4.69) is 20.3 Å². The molecule has 0 saturated heterocycles. The molecule has 0 amide bonds. The van der Waals surface area contributed by atoms with Crippen LogP contribution in [0.5, 0.6) is 5.75 Å². The van der Waals surface area contributed by atoms with E-state index in [1.54, 1.807) is 32.4 Å². The van der Waals surface area contributed by atoms with Crippen LogP contribution in [-0.2, 0) is 27.7 Å². The highest BCUT2D eigenvalue weighted by molar-refractivity contribution is 14.0. The zero-order chi connectivity index (χ0) is 21.8. The van der Waals surface area contributed by atoms with Gasteiger partial charge in [0.05, 0.1) is 18.6 Å². The van der Waals surface area contributed by atoms with Gasteiger partial charge in [-0.05, 0) is 35.7 Å². The summed E-state index contributed by atoms with van der Waals surface area (Å²) in [7, 11) is 1.31. The molecule has 8 nitrogen and oxygen atoms in total. The number of para-hydroxylation sites is 1. The third-order valence-corrected chi connectivity index (χ3v) is 5.83. The lowest BCUT2D eigenvalue weighted by Crippen LogP contribution is -2.37. The number of rotatable bonds is 11. The van der Waals surface area contributed by atoms with E-state index in [1.165, 1.54) is 7.11 Å². The number of hydrogen-bond donors (Lipinski definition) is 3. The molecule has 0 aliphatic heterocycles. The second-order valence-corrected chi connectivity index (χ2v) is 8.22. The van der Waals surface area contributed by atoms with Crippen LogP contribution in [0.25, 0.3) is 0 Å². The lowest BCUT2D eigenvalue weighted by Gasteiger charge is -2.14. The van der Waals surface area contributed by atoms with Crippen molar-refractivity contribution in [1.82, 2.24) is 15.4 Å². The van der Waals surface area contributed by atoms with Crippen LogP contribution in [0.2, 0.25) is 0 Å². The highest BCUT2D eigenvalue weighted by Crippen LogP contribution is 2.17. The number of sulfonamides is 1. The maximum absolute atomic E-state index is 12.3. The molecule has 0 unspecified atom stereocenters. The van der Waals surface area contributed by atoms with Crippen molar-refractivity contribution in [3.05, 3.63) is 59.7 Å². The minimum absolute atomic E-state index is 0. The molecule has 0 bridgehead atoms. The summed E-state index contributed by atoms with van der Waals surface area (Å²) in [6.45, 7) is 1.66. The zero-order valence-electron chi connectivity index (χ0n) is 18.1. The highest BCUT2D eigenvalue weighted by atomic mass is 127. The lowest BCUT2D eigenvalue weighted by atomic mass is 10.1. The molecule has 0 aliphatic rings. The molecule has 0 aliphatic carbocycles. The molecule has 0 saturated carbocycles. The van der Waals surface area contributed by atoms with Crippen molar-refractivity contribution in [2.24, 2.45) is 4.99 Å². The van der Waals surface area contributed by atoms with Gasteiger partial charge in [0.1, 0.15) is 5.75 Å². The molecule has 31 heavy (non-hydrogen) atoms. The molecular weight excluding hydrogens is 531 g/mol. The molecule has 0 heterocycles. The number of guanidine groups is 1. The quantitative estimate of drug-likeness (QED) is 0.168. The number of methoxy groups -OCH3 is 2. The van der Waals surface area contributed by atoms with Crippen LogP contribution in [0, 0.1) is 0 Å². The first-order valence-electron chi connectivity index (χ1n) is 9.64. The molecule has 0 fully saturated rings. The standard InChI is InChI=1S/C21H30N4O4S.HI/c1-22-21(23-12-11-18-8-4-5-10-20(18)29-3)24-16-17-7-6-9-19(15-17)30(26,27)25-13-14-28-2;/h4-10,15,25H,11-14,16H2,1-3H3,(H2,22,23,24);1H. The molecule has 2 rings (SSSR count). The number of nitrogens with one attached hydrogen (secondary N) is 3. The Labute approximate surface area is 201 Å². The van der Waals surface area contributed by atoms with Gasteiger partial charge in [-0.25, -0.2) is 13.1 Å². The van der Waals surface area contributed by atoms with Crippen LogP contribution in [0.3, 0.4) is 0 Å². The first-order chi connectivity index (χ1) is 14.5. The van der Waals surface area contributed by atoms with E-state index in [0.29, 0.717) is 25.7 Å². The number of benzene rings is 2. The monoisotopic (exact) mass is 562 g/mol. The van der Waals surface area contributed by atoms with Crippen molar-refractivity contribution in [2.75, 3.05) is 41.0 Å². The first kappa shape index (κ1) is 27.1. The van der Waals surface area contributed by atoms with Gasteiger partial charge >= 0.3 is 0 Å². The molecule has 0 atom stereocenters. The molecule has 0 spiro atoms. The molecule has 10 heteroatoms. The third kappa shape index (κ3) is 9.01.